The van der Waals surface area contributed by atoms with E-state index >= 15 is 0 Å². The van der Waals surface area contributed by atoms with Gasteiger partial charge in [-0.2, -0.15) is 0 Å². The van der Waals surface area contributed by atoms with Gasteiger partial charge in [0.15, 0.2) is 0 Å². The number of para-hydroxylation sites is 2. The molecule has 4 aromatic rings. The molecule has 0 atom stereocenters. The summed E-state index contributed by atoms with van der Waals surface area (Å²) in [5, 5.41) is 0.519. The summed E-state index contributed by atoms with van der Waals surface area (Å²) in [5.74, 6) is -2.30. The summed E-state index contributed by atoms with van der Waals surface area (Å²) in [6.07, 6.45) is 4.76. The standard InChI is InChI=1S/C35H24Br2N2O4/c1-6-18-11-9-12-19(7-2)30(18)38-34(42)27-24(36)15-22-26-23(16-25(37)28(29(26)27)35(38)43)33(41)39(32(22)40)31-20(8-3)13-10-14-21(31)17(4)5/h6-17H,1-3H2,4-5H3. The van der Waals surface area contributed by atoms with Gasteiger partial charge < -0.3 is 0 Å². The highest BCUT2D eigenvalue weighted by Crippen LogP contribution is 2.47. The Kier molecular flexibility index (Phi) is 6.94. The Hall–Kier alpha value is -4.40. The molecule has 4 amide bonds. The normalized spacial score (nSPS) is 14.2. The third-order valence-corrected chi connectivity index (χ3v) is 9.19. The van der Waals surface area contributed by atoms with Gasteiger partial charge in [-0.3, -0.25) is 19.2 Å². The minimum Gasteiger partial charge on any atom is -0.268 e. The molecule has 4 aromatic carbocycles. The zero-order chi connectivity index (χ0) is 30.9. The first-order valence-corrected chi connectivity index (χ1v) is 15.0. The molecule has 0 radical (unpaired) electrons. The average Bonchev–Trinajstić information content (AvgIpc) is 2.99. The van der Waals surface area contributed by atoms with Gasteiger partial charge in [0.25, 0.3) is 23.6 Å². The lowest BCUT2D eigenvalue weighted by Gasteiger charge is -2.35. The molecule has 0 saturated carbocycles. The lowest BCUT2D eigenvalue weighted by molar-refractivity contribution is 0.0872. The van der Waals surface area contributed by atoms with Gasteiger partial charge in [0.1, 0.15) is 0 Å². The SMILES string of the molecule is C=Cc1cccc(C=C)c1N1C(=O)c2c(Br)cc3c4c(cc(Br)c(c24)C1=O)C(=O)N(c1c(C=C)cccc1C(C)C)C3=O. The number of imide groups is 2. The molecule has 0 aromatic heterocycles. The fourth-order valence-electron chi connectivity index (χ4n) is 6.02. The lowest BCUT2D eigenvalue weighted by Crippen LogP contribution is -2.44. The Balaban J connectivity index is 1.66. The van der Waals surface area contributed by atoms with Crippen molar-refractivity contribution in [1.29, 1.82) is 0 Å². The third-order valence-electron chi connectivity index (χ3n) is 7.94. The van der Waals surface area contributed by atoms with Gasteiger partial charge in [-0.25, -0.2) is 9.80 Å². The monoisotopic (exact) mass is 694 g/mol. The van der Waals surface area contributed by atoms with E-state index in [0.29, 0.717) is 37.0 Å². The van der Waals surface area contributed by atoms with Crippen molar-refractivity contribution < 1.29 is 19.2 Å². The van der Waals surface area contributed by atoms with Crippen molar-refractivity contribution in [2.24, 2.45) is 0 Å². The van der Waals surface area contributed by atoms with E-state index in [1.165, 1.54) is 4.90 Å². The maximum atomic E-state index is 14.3. The van der Waals surface area contributed by atoms with E-state index in [1.807, 2.05) is 26.0 Å². The first-order valence-electron chi connectivity index (χ1n) is 13.5. The molecule has 0 fully saturated rings. The van der Waals surface area contributed by atoms with Crippen LogP contribution in [0.3, 0.4) is 0 Å². The van der Waals surface area contributed by atoms with Crippen LogP contribution in [-0.4, -0.2) is 23.6 Å². The maximum absolute atomic E-state index is 14.3. The molecule has 0 unspecified atom stereocenters. The lowest BCUT2D eigenvalue weighted by atomic mass is 9.84. The van der Waals surface area contributed by atoms with Crippen LogP contribution in [0.15, 0.2) is 77.2 Å². The second-order valence-corrected chi connectivity index (χ2v) is 12.2. The van der Waals surface area contributed by atoms with E-state index in [9.17, 15) is 19.2 Å². The van der Waals surface area contributed by atoms with Gasteiger partial charge >= 0.3 is 0 Å². The van der Waals surface area contributed by atoms with Crippen LogP contribution in [0.1, 0.15) is 83.5 Å². The van der Waals surface area contributed by atoms with Crippen molar-refractivity contribution in [3.63, 3.8) is 0 Å². The molecule has 0 spiro atoms. The Labute approximate surface area is 265 Å². The van der Waals surface area contributed by atoms with Crippen LogP contribution in [-0.2, 0) is 0 Å². The number of benzene rings is 4. The molecule has 43 heavy (non-hydrogen) atoms. The molecular weight excluding hydrogens is 672 g/mol. The number of hydrogen-bond donors (Lipinski definition) is 0. The topological polar surface area (TPSA) is 74.8 Å². The summed E-state index contributed by atoms with van der Waals surface area (Å²) in [6, 6.07) is 14.0. The number of rotatable bonds is 6. The second kappa shape index (κ2) is 10.4. The van der Waals surface area contributed by atoms with E-state index in [2.05, 4.69) is 51.6 Å². The minimum atomic E-state index is -0.598. The largest absolute Gasteiger partial charge is 0.268 e. The number of carbonyl (C=O) groups excluding carboxylic acids is 4. The number of carbonyl (C=O) groups is 4. The summed E-state index contributed by atoms with van der Waals surface area (Å²) < 4.78 is 0.644. The molecular formula is C35H24Br2N2O4. The maximum Gasteiger partial charge on any atom is 0.267 e. The van der Waals surface area contributed by atoms with E-state index in [1.54, 1.807) is 54.6 Å². The smallest absolute Gasteiger partial charge is 0.267 e. The van der Waals surface area contributed by atoms with Gasteiger partial charge in [-0.15, -0.1) is 0 Å². The van der Waals surface area contributed by atoms with Crippen LogP contribution >= 0.6 is 31.9 Å². The van der Waals surface area contributed by atoms with Crippen molar-refractivity contribution in [2.45, 2.75) is 19.8 Å². The third kappa shape index (κ3) is 3.97. The first-order chi connectivity index (χ1) is 20.6. The zero-order valence-electron chi connectivity index (χ0n) is 23.3. The molecule has 0 N–H and O–H groups in total. The van der Waals surface area contributed by atoms with Crippen LogP contribution < -0.4 is 9.80 Å². The predicted molar refractivity (Wildman–Crippen MR) is 179 cm³/mol. The number of nitrogens with zero attached hydrogens (tertiary/aromatic N) is 2. The highest BCUT2D eigenvalue weighted by atomic mass is 79.9. The van der Waals surface area contributed by atoms with Crippen LogP contribution in [0.25, 0.3) is 29.0 Å². The van der Waals surface area contributed by atoms with Gasteiger partial charge in [-0.05, 0) is 72.2 Å². The summed E-state index contributed by atoms with van der Waals surface area (Å²) in [5.41, 5.74) is 4.16. The van der Waals surface area contributed by atoms with Crippen molar-refractivity contribution in [2.75, 3.05) is 9.80 Å². The Bertz CT molecular complexity index is 1920. The molecule has 6 rings (SSSR count). The van der Waals surface area contributed by atoms with Crippen molar-refractivity contribution in [3.05, 3.63) is 122 Å². The summed E-state index contributed by atoms with van der Waals surface area (Å²) in [4.78, 5) is 59.4. The van der Waals surface area contributed by atoms with E-state index in [-0.39, 0.29) is 38.9 Å². The minimum absolute atomic E-state index is 0.00543. The number of halogens is 2. The highest BCUT2D eigenvalue weighted by molar-refractivity contribution is 9.11. The quantitative estimate of drug-likeness (QED) is 0.189. The van der Waals surface area contributed by atoms with Crippen molar-refractivity contribution in [3.8, 4) is 0 Å². The zero-order valence-corrected chi connectivity index (χ0v) is 26.5. The first kappa shape index (κ1) is 28.7. The Morgan fingerprint density at radius 3 is 1.49 bits per heavy atom. The van der Waals surface area contributed by atoms with Crippen LogP contribution in [0, 0.1) is 0 Å². The molecule has 0 saturated heterocycles. The number of anilines is 2. The number of hydrogen-bond acceptors (Lipinski definition) is 4. The molecule has 2 aliphatic heterocycles. The van der Waals surface area contributed by atoms with Gasteiger partial charge in [0.05, 0.1) is 33.6 Å². The molecule has 6 nitrogen and oxygen atoms in total. The summed E-state index contributed by atoms with van der Waals surface area (Å²) in [6.45, 7) is 15.6. The van der Waals surface area contributed by atoms with E-state index < -0.39 is 23.6 Å². The van der Waals surface area contributed by atoms with Gasteiger partial charge in [0.2, 0.25) is 0 Å². The molecule has 2 aliphatic rings. The molecule has 8 heteroatoms. The predicted octanol–water partition coefficient (Wildman–Crippen LogP) is 9.02. The summed E-state index contributed by atoms with van der Waals surface area (Å²) >= 11 is 7.08. The highest BCUT2D eigenvalue weighted by Gasteiger charge is 2.44. The fourth-order valence-corrected chi connectivity index (χ4v) is 7.21. The Morgan fingerprint density at radius 2 is 1.05 bits per heavy atom. The molecule has 0 bridgehead atoms. The van der Waals surface area contributed by atoms with Crippen LogP contribution in [0.4, 0.5) is 11.4 Å². The molecule has 2 heterocycles. The van der Waals surface area contributed by atoms with Crippen LogP contribution in [0.5, 0.6) is 0 Å². The Morgan fingerprint density at radius 1 is 0.628 bits per heavy atom. The number of amides is 4. The van der Waals surface area contributed by atoms with Crippen LogP contribution in [0.2, 0.25) is 0 Å². The van der Waals surface area contributed by atoms with Gasteiger partial charge in [0, 0.05) is 19.7 Å². The average molecular weight is 696 g/mol. The summed E-state index contributed by atoms with van der Waals surface area (Å²) in [7, 11) is 0. The molecule has 0 aliphatic carbocycles. The fraction of sp³-hybridized carbons (Fsp3) is 0.0857. The van der Waals surface area contributed by atoms with Crippen molar-refractivity contribution in [1.82, 2.24) is 0 Å². The van der Waals surface area contributed by atoms with E-state index in [4.69, 9.17) is 0 Å². The molecule has 212 valence electrons. The van der Waals surface area contributed by atoms with Gasteiger partial charge in [-0.1, -0.05) is 88.2 Å². The van der Waals surface area contributed by atoms with Crippen molar-refractivity contribution >= 4 is 95.9 Å². The second-order valence-electron chi connectivity index (χ2n) is 10.5. The van der Waals surface area contributed by atoms with E-state index in [0.717, 1.165) is 10.5 Å².